The molecular weight excluding hydrogens is 260 g/mol. The number of benzene rings is 1. The molecule has 0 radical (unpaired) electrons. The largest absolute Gasteiger partial charge is 0.480 e. The number of rotatable bonds is 6. The van der Waals surface area contributed by atoms with Crippen molar-refractivity contribution < 1.29 is 9.90 Å². The monoisotopic (exact) mass is 276 g/mol. The fraction of sp³-hybridized carbons (Fsp3) is 0.429. The number of hydrogen-bond acceptors (Lipinski definition) is 4. The van der Waals surface area contributed by atoms with Crippen LogP contribution in [0.3, 0.4) is 0 Å². The molecule has 1 aliphatic carbocycles. The number of aliphatic carboxylic acids is 1. The van der Waals surface area contributed by atoms with Crippen molar-refractivity contribution >= 4 is 23.4 Å². The van der Waals surface area contributed by atoms with E-state index in [1.165, 1.54) is 0 Å². The highest BCUT2D eigenvalue weighted by molar-refractivity contribution is 7.99. The van der Waals surface area contributed by atoms with Gasteiger partial charge in [0.05, 0.1) is 11.3 Å². The minimum atomic E-state index is -0.847. The van der Waals surface area contributed by atoms with Gasteiger partial charge in [-0.2, -0.15) is 5.26 Å². The Hall–Kier alpha value is -1.67. The van der Waals surface area contributed by atoms with E-state index < -0.39 is 12.0 Å². The molecule has 1 unspecified atom stereocenters. The second-order valence-electron chi connectivity index (χ2n) is 4.52. The van der Waals surface area contributed by atoms with Crippen LogP contribution >= 0.6 is 11.8 Å². The van der Waals surface area contributed by atoms with Gasteiger partial charge in [-0.3, -0.25) is 0 Å². The molecule has 0 amide bonds. The van der Waals surface area contributed by atoms with Crippen LogP contribution in [0.5, 0.6) is 0 Å². The number of hydrogen-bond donors (Lipinski definition) is 2. The summed E-state index contributed by atoms with van der Waals surface area (Å²) in [5.41, 5.74) is 1.17. The van der Waals surface area contributed by atoms with Crippen molar-refractivity contribution in [1.82, 2.24) is 0 Å². The van der Waals surface area contributed by atoms with Crippen LogP contribution in [0, 0.1) is 17.2 Å². The van der Waals surface area contributed by atoms with Gasteiger partial charge in [-0.15, -0.1) is 11.8 Å². The third-order valence-electron chi connectivity index (χ3n) is 3.11. The third kappa shape index (κ3) is 3.21. The van der Waals surface area contributed by atoms with Crippen molar-refractivity contribution in [3.63, 3.8) is 0 Å². The lowest BCUT2D eigenvalue weighted by Crippen LogP contribution is -2.31. The van der Waals surface area contributed by atoms with Crippen LogP contribution < -0.4 is 5.32 Å². The van der Waals surface area contributed by atoms with Crippen molar-refractivity contribution in [2.24, 2.45) is 5.92 Å². The van der Waals surface area contributed by atoms with E-state index in [1.807, 2.05) is 19.1 Å². The van der Waals surface area contributed by atoms with E-state index in [4.69, 9.17) is 0 Å². The van der Waals surface area contributed by atoms with Crippen LogP contribution in [0.1, 0.15) is 25.3 Å². The Morgan fingerprint density at radius 3 is 2.89 bits per heavy atom. The molecule has 0 spiro atoms. The van der Waals surface area contributed by atoms with Gasteiger partial charge in [0.2, 0.25) is 0 Å². The predicted octanol–water partition coefficient (Wildman–Crippen LogP) is 2.95. The summed E-state index contributed by atoms with van der Waals surface area (Å²) in [6, 6.07) is 7.11. The van der Waals surface area contributed by atoms with E-state index in [2.05, 4.69) is 11.4 Å². The Balaban J connectivity index is 2.26. The van der Waals surface area contributed by atoms with Crippen LogP contribution in [0.25, 0.3) is 0 Å². The summed E-state index contributed by atoms with van der Waals surface area (Å²) in [6.07, 6.45) is 1.88. The third-order valence-corrected chi connectivity index (χ3v) is 4.05. The van der Waals surface area contributed by atoms with Gasteiger partial charge in [-0.05, 0) is 36.6 Å². The molecule has 1 aliphatic rings. The first-order valence-electron chi connectivity index (χ1n) is 6.32. The molecule has 4 nitrogen and oxygen atoms in total. The molecule has 19 heavy (non-hydrogen) atoms. The predicted molar refractivity (Wildman–Crippen MR) is 75.3 cm³/mol. The summed E-state index contributed by atoms with van der Waals surface area (Å²) in [7, 11) is 0. The molecule has 5 heteroatoms. The number of anilines is 1. The van der Waals surface area contributed by atoms with Gasteiger partial charge < -0.3 is 10.4 Å². The maximum absolute atomic E-state index is 11.2. The number of carbonyl (C=O) groups is 1. The van der Waals surface area contributed by atoms with Crippen molar-refractivity contribution in [2.45, 2.75) is 30.7 Å². The van der Waals surface area contributed by atoms with Crippen LogP contribution in [-0.4, -0.2) is 22.9 Å². The fourth-order valence-corrected chi connectivity index (χ4v) is 2.81. The van der Waals surface area contributed by atoms with Gasteiger partial charge >= 0.3 is 5.97 Å². The molecule has 2 N–H and O–H groups in total. The number of nitrogens with zero attached hydrogens (tertiary/aromatic N) is 1. The van der Waals surface area contributed by atoms with Crippen molar-refractivity contribution in [2.75, 3.05) is 11.1 Å². The standard InChI is InChI=1S/C14H16N2O2S/c1-2-19-12-5-3-4-11(10(12)8-15)16-13(14(17)18)9-6-7-9/h3-5,9,13,16H,2,6-7H2,1H3,(H,17,18). The second-order valence-corrected chi connectivity index (χ2v) is 5.83. The zero-order valence-corrected chi connectivity index (χ0v) is 11.5. The fourth-order valence-electron chi connectivity index (χ4n) is 2.02. The zero-order valence-electron chi connectivity index (χ0n) is 10.7. The minimum absolute atomic E-state index is 0.187. The van der Waals surface area contributed by atoms with E-state index in [9.17, 15) is 15.2 Å². The SMILES string of the molecule is CCSc1cccc(NC(C(=O)O)C2CC2)c1C#N. The summed E-state index contributed by atoms with van der Waals surface area (Å²) in [5, 5.41) is 21.5. The molecule has 0 heterocycles. The van der Waals surface area contributed by atoms with E-state index in [0.717, 1.165) is 23.5 Å². The van der Waals surface area contributed by atoms with Gasteiger partial charge in [0.15, 0.2) is 0 Å². The molecule has 2 rings (SSSR count). The van der Waals surface area contributed by atoms with E-state index >= 15 is 0 Å². The Labute approximate surface area is 116 Å². The van der Waals surface area contributed by atoms with Crippen molar-refractivity contribution in [3.05, 3.63) is 23.8 Å². The maximum Gasteiger partial charge on any atom is 0.326 e. The molecule has 1 fully saturated rings. The molecule has 0 aromatic heterocycles. The van der Waals surface area contributed by atoms with E-state index in [-0.39, 0.29) is 5.92 Å². The van der Waals surface area contributed by atoms with Crippen LogP contribution in [0.15, 0.2) is 23.1 Å². The topological polar surface area (TPSA) is 73.1 Å². The number of nitriles is 1. The lowest BCUT2D eigenvalue weighted by Gasteiger charge is -2.17. The number of carboxylic acid groups (broad SMARTS) is 1. The first-order valence-corrected chi connectivity index (χ1v) is 7.31. The first kappa shape index (κ1) is 13.8. The van der Waals surface area contributed by atoms with Gasteiger partial charge in [0.1, 0.15) is 12.1 Å². The lowest BCUT2D eigenvalue weighted by atomic mass is 10.1. The molecule has 100 valence electrons. The Morgan fingerprint density at radius 2 is 2.37 bits per heavy atom. The highest BCUT2D eigenvalue weighted by Gasteiger charge is 2.36. The highest BCUT2D eigenvalue weighted by atomic mass is 32.2. The van der Waals surface area contributed by atoms with Crippen LogP contribution in [0.2, 0.25) is 0 Å². The summed E-state index contributed by atoms with van der Waals surface area (Å²) in [6.45, 7) is 2.02. The van der Waals surface area contributed by atoms with Gasteiger partial charge in [0.25, 0.3) is 0 Å². The van der Waals surface area contributed by atoms with Crippen molar-refractivity contribution in [3.8, 4) is 6.07 Å². The summed E-state index contributed by atoms with van der Waals surface area (Å²) in [5.74, 6) is 0.217. The summed E-state index contributed by atoms with van der Waals surface area (Å²) < 4.78 is 0. The van der Waals surface area contributed by atoms with Gasteiger partial charge in [0, 0.05) is 4.90 Å². The highest BCUT2D eigenvalue weighted by Crippen LogP contribution is 2.36. The Kier molecular flexibility index (Phi) is 4.33. The van der Waals surface area contributed by atoms with Gasteiger partial charge in [-0.1, -0.05) is 13.0 Å². The molecule has 0 bridgehead atoms. The zero-order chi connectivity index (χ0) is 13.8. The summed E-state index contributed by atoms with van der Waals surface area (Å²) >= 11 is 1.59. The molecule has 0 aliphatic heterocycles. The lowest BCUT2D eigenvalue weighted by molar-refractivity contribution is -0.138. The average Bonchev–Trinajstić information content (AvgIpc) is 3.20. The molecule has 0 saturated heterocycles. The van der Waals surface area contributed by atoms with Crippen LogP contribution in [0.4, 0.5) is 5.69 Å². The minimum Gasteiger partial charge on any atom is -0.480 e. The van der Waals surface area contributed by atoms with E-state index in [0.29, 0.717) is 11.3 Å². The van der Waals surface area contributed by atoms with Crippen molar-refractivity contribution in [1.29, 1.82) is 5.26 Å². The second kappa shape index (κ2) is 5.98. The van der Waals surface area contributed by atoms with Gasteiger partial charge in [-0.25, -0.2) is 4.79 Å². The normalized spacial score (nSPS) is 15.6. The summed E-state index contributed by atoms with van der Waals surface area (Å²) in [4.78, 5) is 12.1. The molecule has 1 aromatic rings. The molecular formula is C14H16N2O2S. The van der Waals surface area contributed by atoms with Crippen LogP contribution in [-0.2, 0) is 4.79 Å². The number of thioether (sulfide) groups is 1. The average molecular weight is 276 g/mol. The molecule has 1 saturated carbocycles. The quantitative estimate of drug-likeness (QED) is 0.781. The maximum atomic E-state index is 11.2. The van der Waals surface area contributed by atoms with E-state index in [1.54, 1.807) is 17.8 Å². The number of nitrogens with one attached hydrogen (secondary N) is 1. The number of carboxylic acids is 1. The Morgan fingerprint density at radius 1 is 1.63 bits per heavy atom. The molecule has 1 atom stereocenters. The molecule has 1 aromatic carbocycles. The first-order chi connectivity index (χ1) is 9.17. The Bertz CT molecular complexity index is 521. The smallest absolute Gasteiger partial charge is 0.326 e.